The topological polar surface area (TPSA) is 118 Å². The van der Waals surface area contributed by atoms with Gasteiger partial charge in [0.1, 0.15) is 0 Å². The van der Waals surface area contributed by atoms with E-state index >= 15 is 0 Å². The number of aromatic carboxylic acids is 1. The third-order valence-electron chi connectivity index (χ3n) is 2.55. The first-order valence-corrected chi connectivity index (χ1v) is 6.02. The van der Waals surface area contributed by atoms with E-state index in [0.717, 1.165) is 0 Å². The number of carboxylic acid groups (broad SMARTS) is 1. The van der Waals surface area contributed by atoms with Gasteiger partial charge in [0.05, 0.1) is 5.56 Å². The first-order chi connectivity index (χ1) is 9.91. The smallest absolute Gasteiger partial charge is 0.478 e. The Kier molecular flexibility index (Phi) is 6.64. The van der Waals surface area contributed by atoms with Crippen molar-refractivity contribution in [2.75, 3.05) is 0 Å². The molecule has 0 saturated carbocycles. The molecular weight excluding hydrogens is 274 g/mol. The Morgan fingerprint density at radius 2 is 1.14 bits per heavy atom. The molecule has 2 aromatic carbocycles. The van der Waals surface area contributed by atoms with Crippen LogP contribution in [0.1, 0.15) is 10.4 Å². The van der Waals surface area contributed by atoms with E-state index in [1.807, 2.05) is 6.07 Å². The SMILES string of the molecule is O=C(O)c1ccc(B(O)O)cc1.OB(O)c1ccccc1. The van der Waals surface area contributed by atoms with Gasteiger partial charge in [0.2, 0.25) is 0 Å². The normalized spacial score (nSPS) is 9.33. The molecule has 0 radical (unpaired) electrons. The highest BCUT2D eigenvalue weighted by molar-refractivity contribution is 6.58. The Balaban J connectivity index is 0.000000219. The van der Waals surface area contributed by atoms with E-state index in [-0.39, 0.29) is 11.0 Å². The van der Waals surface area contributed by atoms with E-state index < -0.39 is 20.2 Å². The molecule has 2 rings (SSSR count). The quantitative estimate of drug-likeness (QED) is 0.435. The molecule has 0 aliphatic carbocycles. The first-order valence-electron chi connectivity index (χ1n) is 6.02. The van der Waals surface area contributed by atoms with Gasteiger partial charge in [-0.2, -0.15) is 0 Å². The van der Waals surface area contributed by atoms with E-state index in [1.165, 1.54) is 24.3 Å². The van der Waals surface area contributed by atoms with Gasteiger partial charge in [-0.15, -0.1) is 0 Å². The van der Waals surface area contributed by atoms with Crippen molar-refractivity contribution in [2.45, 2.75) is 0 Å². The molecule has 0 atom stereocenters. The number of rotatable bonds is 3. The molecule has 0 heterocycles. The lowest BCUT2D eigenvalue weighted by Crippen LogP contribution is -2.29. The van der Waals surface area contributed by atoms with Gasteiger partial charge < -0.3 is 25.2 Å². The second-order valence-electron chi connectivity index (χ2n) is 4.09. The molecule has 0 spiro atoms. The Morgan fingerprint density at radius 1 is 0.714 bits per heavy atom. The van der Waals surface area contributed by atoms with Crippen LogP contribution in [0.5, 0.6) is 0 Å². The van der Waals surface area contributed by atoms with Crippen LogP contribution in [0.15, 0.2) is 54.6 Å². The standard InChI is InChI=1S/C7H7BO4.C6H7BO2/c9-7(10)5-1-3-6(4-2-5)8(11)12;8-7(9)6-4-2-1-3-5-6/h1-4,11-12H,(H,9,10);1-5,8-9H. The summed E-state index contributed by atoms with van der Waals surface area (Å²) in [5, 5.41) is 43.0. The fourth-order valence-corrected chi connectivity index (χ4v) is 1.42. The largest absolute Gasteiger partial charge is 0.488 e. The molecule has 0 aliphatic rings. The van der Waals surface area contributed by atoms with Crippen LogP contribution in [-0.4, -0.2) is 45.4 Å². The number of carbonyl (C=O) groups is 1. The average Bonchev–Trinajstić information content (AvgIpc) is 2.49. The van der Waals surface area contributed by atoms with Crippen molar-refractivity contribution in [1.29, 1.82) is 0 Å². The zero-order chi connectivity index (χ0) is 15.8. The zero-order valence-corrected chi connectivity index (χ0v) is 11.0. The number of hydrogen-bond donors (Lipinski definition) is 5. The lowest BCUT2D eigenvalue weighted by Gasteiger charge is -1.98. The molecule has 0 aromatic heterocycles. The Bertz CT molecular complexity index is 557. The van der Waals surface area contributed by atoms with E-state index in [9.17, 15) is 4.79 Å². The second kappa shape index (κ2) is 8.23. The van der Waals surface area contributed by atoms with Crippen molar-refractivity contribution < 1.29 is 30.0 Å². The molecule has 0 fully saturated rings. The van der Waals surface area contributed by atoms with Gasteiger partial charge in [0, 0.05) is 0 Å². The van der Waals surface area contributed by atoms with E-state index in [1.54, 1.807) is 24.3 Å². The minimum absolute atomic E-state index is 0.124. The number of benzene rings is 2. The molecule has 8 heteroatoms. The molecule has 5 N–H and O–H groups in total. The van der Waals surface area contributed by atoms with E-state index in [0.29, 0.717) is 5.46 Å². The van der Waals surface area contributed by atoms with Gasteiger partial charge in [0.15, 0.2) is 0 Å². The maximum atomic E-state index is 10.4. The van der Waals surface area contributed by atoms with Crippen molar-refractivity contribution in [2.24, 2.45) is 0 Å². The summed E-state index contributed by atoms with van der Waals surface area (Å²) in [5.41, 5.74) is 0.928. The van der Waals surface area contributed by atoms with Crippen molar-refractivity contribution in [3.8, 4) is 0 Å². The van der Waals surface area contributed by atoms with Gasteiger partial charge in [-0.1, -0.05) is 42.5 Å². The average molecular weight is 288 g/mol. The lowest BCUT2D eigenvalue weighted by molar-refractivity contribution is 0.0697. The number of carboxylic acids is 1. The predicted octanol–water partition coefficient (Wildman–Crippen LogP) is -1.57. The Morgan fingerprint density at radius 3 is 1.48 bits per heavy atom. The van der Waals surface area contributed by atoms with Gasteiger partial charge in [-0.3, -0.25) is 0 Å². The van der Waals surface area contributed by atoms with E-state index in [2.05, 4.69) is 0 Å². The zero-order valence-electron chi connectivity index (χ0n) is 11.0. The predicted molar refractivity (Wildman–Crippen MR) is 79.5 cm³/mol. The van der Waals surface area contributed by atoms with Crippen LogP contribution in [0.3, 0.4) is 0 Å². The van der Waals surface area contributed by atoms with Crippen molar-refractivity contribution in [3.63, 3.8) is 0 Å². The summed E-state index contributed by atoms with van der Waals surface area (Å²) in [6, 6.07) is 14.0. The minimum atomic E-state index is -1.55. The molecule has 6 nitrogen and oxygen atoms in total. The van der Waals surface area contributed by atoms with Crippen LogP contribution in [0, 0.1) is 0 Å². The Labute approximate surface area is 122 Å². The van der Waals surface area contributed by atoms with Crippen LogP contribution < -0.4 is 10.9 Å². The third-order valence-corrected chi connectivity index (χ3v) is 2.55. The second-order valence-corrected chi connectivity index (χ2v) is 4.09. The molecule has 0 saturated heterocycles. The van der Waals surface area contributed by atoms with Crippen LogP contribution in [-0.2, 0) is 0 Å². The summed E-state index contributed by atoms with van der Waals surface area (Å²) < 4.78 is 0. The van der Waals surface area contributed by atoms with Gasteiger partial charge in [-0.05, 0) is 23.1 Å². The molecule has 108 valence electrons. The highest BCUT2D eigenvalue weighted by Crippen LogP contribution is 1.96. The maximum Gasteiger partial charge on any atom is 0.488 e. The molecule has 2 aromatic rings. The lowest BCUT2D eigenvalue weighted by atomic mass is 9.80. The summed E-state index contributed by atoms with van der Waals surface area (Å²) in [7, 11) is -2.89. The van der Waals surface area contributed by atoms with Crippen LogP contribution in [0.4, 0.5) is 0 Å². The summed E-state index contributed by atoms with van der Waals surface area (Å²) in [6.07, 6.45) is 0. The maximum absolute atomic E-state index is 10.4. The first kappa shape index (κ1) is 16.9. The summed E-state index contributed by atoms with van der Waals surface area (Å²) in [5.74, 6) is -1.03. The van der Waals surface area contributed by atoms with Crippen molar-refractivity contribution in [1.82, 2.24) is 0 Å². The van der Waals surface area contributed by atoms with Gasteiger partial charge >= 0.3 is 20.2 Å². The minimum Gasteiger partial charge on any atom is -0.478 e. The summed E-state index contributed by atoms with van der Waals surface area (Å²) >= 11 is 0. The molecule has 21 heavy (non-hydrogen) atoms. The monoisotopic (exact) mass is 288 g/mol. The van der Waals surface area contributed by atoms with E-state index in [4.69, 9.17) is 25.2 Å². The molecule has 0 unspecified atom stereocenters. The fourth-order valence-electron chi connectivity index (χ4n) is 1.42. The van der Waals surface area contributed by atoms with Crippen LogP contribution >= 0.6 is 0 Å². The van der Waals surface area contributed by atoms with Gasteiger partial charge in [0.25, 0.3) is 0 Å². The number of hydrogen-bond acceptors (Lipinski definition) is 5. The highest BCUT2D eigenvalue weighted by atomic mass is 16.4. The molecule has 0 amide bonds. The molecule has 0 bridgehead atoms. The summed E-state index contributed by atoms with van der Waals surface area (Å²) in [4.78, 5) is 10.4. The fraction of sp³-hybridized carbons (Fsp3) is 0. The van der Waals surface area contributed by atoms with Crippen molar-refractivity contribution in [3.05, 3.63) is 60.2 Å². The summed E-state index contributed by atoms with van der Waals surface area (Å²) in [6.45, 7) is 0. The van der Waals surface area contributed by atoms with Gasteiger partial charge in [-0.25, -0.2) is 4.79 Å². The Hall–Kier alpha value is -2.12. The third kappa shape index (κ3) is 5.80. The van der Waals surface area contributed by atoms with Crippen LogP contribution in [0.2, 0.25) is 0 Å². The van der Waals surface area contributed by atoms with Crippen LogP contribution in [0.25, 0.3) is 0 Å². The molecule has 0 aliphatic heterocycles. The van der Waals surface area contributed by atoms with Crippen molar-refractivity contribution >= 4 is 31.1 Å². The molecular formula is C13H14B2O6. The highest BCUT2D eigenvalue weighted by Gasteiger charge is 2.11.